The molecule has 0 saturated carbocycles. The maximum absolute atomic E-state index is 4.32. The molecule has 96 valence electrons. The number of nitrogens with zero attached hydrogens (tertiary/aromatic N) is 2. The third-order valence-corrected chi connectivity index (χ3v) is 3.57. The Bertz CT molecular complexity index is 313. The quantitative estimate of drug-likeness (QED) is 0.748. The Morgan fingerprint density at radius 2 is 2.12 bits per heavy atom. The van der Waals surface area contributed by atoms with Crippen LogP contribution in [0.1, 0.15) is 26.0 Å². The van der Waals surface area contributed by atoms with Gasteiger partial charge in [0.15, 0.2) is 0 Å². The Morgan fingerprint density at radius 1 is 1.35 bits per heavy atom. The number of nitrogens with one attached hydrogen (secondary N) is 1. The van der Waals surface area contributed by atoms with Gasteiger partial charge in [0, 0.05) is 17.2 Å². The molecule has 3 nitrogen and oxygen atoms in total. The minimum atomic E-state index is 0.833. The van der Waals surface area contributed by atoms with Gasteiger partial charge in [-0.05, 0) is 60.7 Å². The highest BCUT2D eigenvalue weighted by Crippen LogP contribution is 2.12. The van der Waals surface area contributed by atoms with Gasteiger partial charge in [-0.25, -0.2) is 0 Å². The third kappa shape index (κ3) is 5.61. The number of pyridine rings is 1. The second-order valence-corrected chi connectivity index (χ2v) is 4.84. The van der Waals surface area contributed by atoms with E-state index >= 15 is 0 Å². The van der Waals surface area contributed by atoms with Gasteiger partial charge in [0.05, 0.1) is 5.69 Å². The van der Waals surface area contributed by atoms with Gasteiger partial charge < -0.3 is 10.2 Å². The normalized spacial score (nSPS) is 11.1. The zero-order valence-corrected chi connectivity index (χ0v) is 12.3. The maximum Gasteiger partial charge on any atom is 0.0683 e. The summed E-state index contributed by atoms with van der Waals surface area (Å²) in [5.74, 6) is 0. The SMILES string of the molecule is CCN(CC)CCCNCc1ncccc1Br. The number of rotatable bonds is 8. The van der Waals surface area contributed by atoms with E-state index in [1.54, 1.807) is 0 Å². The van der Waals surface area contributed by atoms with Crippen molar-refractivity contribution in [3.63, 3.8) is 0 Å². The first kappa shape index (κ1) is 14.6. The van der Waals surface area contributed by atoms with E-state index in [0.717, 1.165) is 36.3 Å². The van der Waals surface area contributed by atoms with Gasteiger partial charge in [0.2, 0.25) is 0 Å². The molecule has 0 radical (unpaired) electrons. The molecule has 0 aliphatic heterocycles. The van der Waals surface area contributed by atoms with E-state index in [9.17, 15) is 0 Å². The number of hydrogen-bond acceptors (Lipinski definition) is 3. The fraction of sp³-hybridized carbons (Fsp3) is 0.615. The lowest BCUT2D eigenvalue weighted by atomic mass is 10.3. The predicted octanol–water partition coefficient (Wildman–Crippen LogP) is 2.67. The van der Waals surface area contributed by atoms with Crippen molar-refractivity contribution in [2.75, 3.05) is 26.2 Å². The minimum absolute atomic E-state index is 0.833. The van der Waals surface area contributed by atoms with Crippen LogP contribution in [0.5, 0.6) is 0 Å². The largest absolute Gasteiger partial charge is 0.311 e. The molecule has 0 atom stereocenters. The summed E-state index contributed by atoms with van der Waals surface area (Å²) in [5.41, 5.74) is 1.08. The van der Waals surface area contributed by atoms with Crippen LogP contribution < -0.4 is 5.32 Å². The fourth-order valence-electron chi connectivity index (χ4n) is 1.72. The summed E-state index contributed by atoms with van der Waals surface area (Å²) in [6.07, 6.45) is 3.02. The zero-order chi connectivity index (χ0) is 12.5. The van der Waals surface area contributed by atoms with Gasteiger partial charge in [0.1, 0.15) is 0 Å². The monoisotopic (exact) mass is 299 g/mol. The predicted molar refractivity (Wildman–Crippen MR) is 76.0 cm³/mol. The van der Waals surface area contributed by atoms with E-state index in [0.29, 0.717) is 0 Å². The van der Waals surface area contributed by atoms with Gasteiger partial charge in [-0.15, -0.1) is 0 Å². The molecule has 0 bridgehead atoms. The van der Waals surface area contributed by atoms with E-state index in [-0.39, 0.29) is 0 Å². The molecule has 4 heteroatoms. The van der Waals surface area contributed by atoms with Crippen molar-refractivity contribution in [2.24, 2.45) is 0 Å². The first-order chi connectivity index (χ1) is 8.27. The lowest BCUT2D eigenvalue weighted by molar-refractivity contribution is 0.298. The van der Waals surface area contributed by atoms with Crippen LogP contribution in [0.2, 0.25) is 0 Å². The van der Waals surface area contributed by atoms with Crippen molar-refractivity contribution in [3.8, 4) is 0 Å². The molecular weight excluding hydrogens is 278 g/mol. The molecule has 0 aliphatic carbocycles. The molecule has 1 rings (SSSR count). The summed E-state index contributed by atoms with van der Waals surface area (Å²) in [6.45, 7) is 9.75. The van der Waals surface area contributed by atoms with Gasteiger partial charge in [-0.1, -0.05) is 13.8 Å². The molecule has 1 N–H and O–H groups in total. The van der Waals surface area contributed by atoms with E-state index in [1.165, 1.54) is 13.0 Å². The minimum Gasteiger partial charge on any atom is -0.311 e. The second-order valence-electron chi connectivity index (χ2n) is 3.99. The standard InChI is InChI=1S/C13H22BrN3/c1-3-17(4-2)10-6-8-15-11-13-12(14)7-5-9-16-13/h5,7,9,15H,3-4,6,8,10-11H2,1-2H3. The van der Waals surface area contributed by atoms with Crippen molar-refractivity contribution >= 4 is 15.9 Å². The number of halogens is 1. The van der Waals surface area contributed by atoms with Crippen LogP contribution >= 0.6 is 15.9 Å². The Kier molecular flexibility index (Phi) is 7.40. The molecule has 0 fully saturated rings. The summed E-state index contributed by atoms with van der Waals surface area (Å²) in [4.78, 5) is 6.77. The number of hydrogen-bond donors (Lipinski definition) is 1. The molecule has 0 amide bonds. The fourth-order valence-corrected chi connectivity index (χ4v) is 2.12. The second kappa shape index (κ2) is 8.61. The third-order valence-electron chi connectivity index (χ3n) is 2.85. The average molecular weight is 300 g/mol. The molecule has 0 unspecified atom stereocenters. The molecule has 1 aromatic rings. The van der Waals surface area contributed by atoms with Gasteiger partial charge in [0.25, 0.3) is 0 Å². The highest BCUT2D eigenvalue weighted by molar-refractivity contribution is 9.10. The molecule has 0 aromatic carbocycles. The highest BCUT2D eigenvalue weighted by atomic mass is 79.9. The average Bonchev–Trinajstić information content (AvgIpc) is 2.36. The molecule has 17 heavy (non-hydrogen) atoms. The first-order valence-electron chi connectivity index (χ1n) is 6.30. The van der Waals surface area contributed by atoms with Crippen molar-refractivity contribution in [1.29, 1.82) is 0 Å². The lowest BCUT2D eigenvalue weighted by Gasteiger charge is -2.17. The maximum atomic E-state index is 4.32. The van der Waals surface area contributed by atoms with Crippen molar-refractivity contribution in [2.45, 2.75) is 26.8 Å². The smallest absolute Gasteiger partial charge is 0.0683 e. The van der Waals surface area contributed by atoms with E-state index in [2.05, 4.69) is 45.0 Å². The van der Waals surface area contributed by atoms with Crippen LogP contribution in [0.3, 0.4) is 0 Å². The Balaban J connectivity index is 2.14. The van der Waals surface area contributed by atoms with Gasteiger partial charge in [-0.3, -0.25) is 4.98 Å². The Labute approximate surface area is 113 Å². The summed E-state index contributed by atoms with van der Waals surface area (Å²) >= 11 is 3.50. The molecule has 1 heterocycles. The zero-order valence-electron chi connectivity index (χ0n) is 10.7. The van der Waals surface area contributed by atoms with Gasteiger partial charge in [-0.2, -0.15) is 0 Å². The van der Waals surface area contributed by atoms with Crippen LogP contribution in [0.4, 0.5) is 0 Å². The highest BCUT2D eigenvalue weighted by Gasteiger charge is 2.00. The summed E-state index contributed by atoms with van der Waals surface area (Å²) in [6, 6.07) is 3.97. The molecular formula is C13H22BrN3. The first-order valence-corrected chi connectivity index (χ1v) is 7.09. The topological polar surface area (TPSA) is 28.2 Å². The lowest BCUT2D eigenvalue weighted by Crippen LogP contribution is -2.27. The van der Waals surface area contributed by atoms with E-state index in [1.807, 2.05) is 18.3 Å². The van der Waals surface area contributed by atoms with Crippen LogP contribution in [0, 0.1) is 0 Å². The Hall–Kier alpha value is -0.450. The van der Waals surface area contributed by atoms with Crippen molar-refractivity contribution in [1.82, 2.24) is 15.2 Å². The molecule has 0 saturated heterocycles. The summed E-state index contributed by atoms with van der Waals surface area (Å²) in [5, 5.41) is 3.43. The van der Waals surface area contributed by atoms with E-state index in [4.69, 9.17) is 0 Å². The van der Waals surface area contributed by atoms with E-state index < -0.39 is 0 Å². The molecule has 0 spiro atoms. The van der Waals surface area contributed by atoms with Crippen LogP contribution in [-0.4, -0.2) is 36.1 Å². The molecule has 1 aromatic heterocycles. The van der Waals surface area contributed by atoms with Gasteiger partial charge >= 0.3 is 0 Å². The van der Waals surface area contributed by atoms with Crippen molar-refractivity contribution < 1.29 is 0 Å². The Morgan fingerprint density at radius 3 is 2.76 bits per heavy atom. The number of aromatic nitrogens is 1. The van der Waals surface area contributed by atoms with Crippen molar-refractivity contribution in [3.05, 3.63) is 28.5 Å². The van der Waals surface area contributed by atoms with Crippen LogP contribution in [0.15, 0.2) is 22.8 Å². The summed E-state index contributed by atoms with van der Waals surface area (Å²) < 4.78 is 1.08. The van der Waals surface area contributed by atoms with Crippen LogP contribution in [0.25, 0.3) is 0 Å². The summed E-state index contributed by atoms with van der Waals surface area (Å²) in [7, 11) is 0. The molecule has 0 aliphatic rings. The van der Waals surface area contributed by atoms with Crippen LogP contribution in [-0.2, 0) is 6.54 Å².